The zero-order chi connectivity index (χ0) is 18.0. The molecule has 3 aromatic rings. The summed E-state index contributed by atoms with van der Waals surface area (Å²) < 4.78 is 44.4. The molecule has 0 bridgehead atoms. The van der Waals surface area contributed by atoms with Gasteiger partial charge in [-0.2, -0.15) is 13.2 Å². The van der Waals surface area contributed by atoms with Gasteiger partial charge in [-0.3, -0.25) is 4.98 Å². The largest absolute Gasteiger partial charge is 0.546 e. The molecule has 0 saturated heterocycles. The Labute approximate surface area is 146 Å². The highest BCUT2D eigenvalue weighted by Gasteiger charge is 2.31. The Morgan fingerprint density at radius 1 is 1.08 bits per heavy atom. The lowest BCUT2D eigenvalue weighted by Gasteiger charge is -2.16. The van der Waals surface area contributed by atoms with E-state index in [-0.39, 0.29) is 17.5 Å². The molecule has 4 N–H and O–H groups in total. The van der Waals surface area contributed by atoms with Crippen molar-refractivity contribution >= 4 is 16.9 Å². The van der Waals surface area contributed by atoms with E-state index in [4.69, 9.17) is 4.74 Å². The molecule has 0 saturated carbocycles. The number of pyridine rings is 1. The smallest absolute Gasteiger partial charge is 0.416 e. The minimum absolute atomic E-state index is 0. The lowest BCUT2D eigenvalue weighted by atomic mass is 9.99. The van der Waals surface area contributed by atoms with E-state index >= 15 is 0 Å². The second kappa shape index (κ2) is 7.40. The maximum atomic E-state index is 13.1. The molecular weight excluding hydrogens is 349 g/mol. The summed E-state index contributed by atoms with van der Waals surface area (Å²) in [7, 11) is 0. The van der Waals surface area contributed by atoms with Crippen molar-refractivity contribution in [2.45, 2.75) is 6.18 Å². The third-order valence-electron chi connectivity index (χ3n) is 3.58. The fourth-order valence-corrected chi connectivity index (χ4v) is 2.50. The van der Waals surface area contributed by atoms with E-state index in [2.05, 4.69) is 4.98 Å². The molecule has 0 fully saturated rings. The van der Waals surface area contributed by atoms with Gasteiger partial charge in [-0.05, 0) is 24.3 Å². The van der Waals surface area contributed by atoms with Crippen LogP contribution in [0.4, 0.5) is 13.2 Å². The first-order valence-corrected chi connectivity index (χ1v) is 7.24. The highest BCUT2D eigenvalue weighted by Crippen LogP contribution is 2.39. The minimum atomic E-state index is -4.54. The number of carbonyl (C=O) groups is 1. The molecule has 0 aliphatic rings. The van der Waals surface area contributed by atoms with Crippen molar-refractivity contribution in [3.05, 3.63) is 60.3 Å². The van der Waals surface area contributed by atoms with Gasteiger partial charge in [0.05, 0.1) is 17.0 Å². The number of ether oxygens (including phenoxy) is 1. The van der Waals surface area contributed by atoms with Gasteiger partial charge in [0.15, 0.2) is 0 Å². The minimum Gasteiger partial charge on any atom is -0.546 e. The van der Waals surface area contributed by atoms with Crippen molar-refractivity contribution < 1.29 is 27.8 Å². The molecular formula is C18H15F3N2O3. The summed E-state index contributed by atoms with van der Waals surface area (Å²) >= 11 is 0. The van der Waals surface area contributed by atoms with E-state index in [0.29, 0.717) is 11.1 Å². The Hall–Kier alpha value is -3.13. The predicted molar refractivity (Wildman–Crippen MR) is 88.7 cm³/mol. The van der Waals surface area contributed by atoms with Gasteiger partial charge < -0.3 is 20.8 Å². The average Bonchev–Trinajstić information content (AvgIpc) is 2.58. The molecule has 0 atom stereocenters. The Kier molecular flexibility index (Phi) is 5.47. The number of aliphatic carboxylic acids is 1. The first-order valence-electron chi connectivity index (χ1n) is 7.24. The fourth-order valence-electron chi connectivity index (χ4n) is 2.50. The number of nitrogens with zero attached hydrogens (tertiary/aromatic N) is 1. The van der Waals surface area contributed by atoms with E-state index in [9.17, 15) is 23.1 Å². The second-order valence-corrected chi connectivity index (χ2v) is 5.25. The number of alkyl halides is 3. The number of para-hydroxylation sites is 1. The van der Waals surface area contributed by atoms with E-state index in [1.54, 1.807) is 30.3 Å². The number of hydrogen-bond donors (Lipinski definition) is 1. The predicted octanol–water partition coefficient (Wildman–Crippen LogP) is 3.43. The fraction of sp³-hybridized carbons (Fsp3) is 0.111. The molecule has 0 amide bonds. The molecule has 0 spiro atoms. The monoisotopic (exact) mass is 364 g/mol. The molecule has 0 aliphatic heterocycles. The van der Waals surface area contributed by atoms with Gasteiger partial charge in [0.1, 0.15) is 12.4 Å². The maximum Gasteiger partial charge on any atom is 0.416 e. The molecule has 0 radical (unpaired) electrons. The van der Waals surface area contributed by atoms with Gasteiger partial charge in [0.2, 0.25) is 0 Å². The van der Waals surface area contributed by atoms with Crippen LogP contribution in [0, 0.1) is 0 Å². The summed E-state index contributed by atoms with van der Waals surface area (Å²) in [6, 6.07) is 11.4. The van der Waals surface area contributed by atoms with Crippen LogP contribution in [-0.4, -0.2) is 17.6 Å². The molecule has 1 heterocycles. The van der Waals surface area contributed by atoms with Crippen molar-refractivity contribution in [1.29, 1.82) is 0 Å². The van der Waals surface area contributed by atoms with Gasteiger partial charge in [-0.1, -0.05) is 24.3 Å². The third-order valence-corrected chi connectivity index (χ3v) is 3.58. The number of aromatic nitrogens is 1. The topological polar surface area (TPSA) is 98.8 Å². The summed E-state index contributed by atoms with van der Waals surface area (Å²) in [4.78, 5) is 14.9. The first-order chi connectivity index (χ1) is 11.9. The van der Waals surface area contributed by atoms with Crippen molar-refractivity contribution in [1.82, 2.24) is 11.1 Å². The van der Waals surface area contributed by atoms with Crippen molar-refractivity contribution in [3.8, 4) is 16.9 Å². The van der Waals surface area contributed by atoms with Gasteiger partial charge >= 0.3 is 6.18 Å². The summed E-state index contributed by atoms with van der Waals surface area (Å²) in [5, 5.41) is 11.4. The number of carboxylic acid groups (broad SMARTS) is 1. The van der Waals surface area contributed by atoms with Crippen molar-refractivity contribution in [2.75, 3.05) is 6.61 Å². The standard InChI is InChI=1S/C18H12F3NO3.H3N/c19-18(20,21)12-6-7-15(25-10-16(23)24)14(9-12)13-5-1-3-11-4-2-8-22-17(11)13;/h1-9H,10H2,(H,23,24);1H3. The number of carboxylic acids is 1. The van der Waals surface area contributed by atoms with Gasteiger partial charge in [0, 0.05) is 22.7 Å². The molecule has 3 rings (SSSR count). The number of benzene rings is 2. The number of rotatable bonds is 4. The van der Waals surface area contributed by atoms with Crippen LogP contribution in [0.25, 0.3) is 22.0 Å². The number of quaternary nitrogens is 1. The second-order valence-electron chi connectivity index (χ2n) is 5.25. The Balaban J connectivity index is 0.00000243. The molecule has 1 aromatic heterocycles. The molecule has 26 heavy (non-hydrogen) atoms. The van der Waals surface area contributed by atoms with Crippen molar-refractivity contribution in [3.63, 3.8) is 0 Å². The number of carbonyl (C=O) groups excluding carboxylic acids is 1. The van der Waals surface area contributed by atoms with Crippen LogP contribution in [0.1, 0.15) is 5.56 Å². The maximum absolute atomic E-state index is 13.1. The Bertz CT molecular complexity index is 937. The van der Waals surface area contributed by atoms with Crippen molar-refractivity contribution in [2.24, 2.45) is 0 Å². The number of fused-ring (bicyclic) bond motifs is 1. The van der Waals surface area contributed by atoms with Crippen LogP contribution < -0.4 is 16.0 Å². The van der Waals surface area contributed by atoms with Crippen LogP contribution in [-0.2, 0) is 11.0 Å². The number of hydrogen-bond acceptors (Lipinski definition) is 4. The molecule has 0 unspecified atom stereocenters. The Morgan fingerprint density at radius 2 is 1.81 bits per heavy atom. The first kappa shape index (κ1) is 19.2. The summed E-state index contributed by atoms with van der Waals surface area (Å²) in [6.45, 7) is -0.767. The van der Waals surface area contributed by atoms with E-state index in [1.165, 1.54) is 6.20 Å². The summed E-state index contributed by atoms with van der Waals surface area (Å²) in [6.07, 6.45) is -3.01. The SMILES string of the molecule is O=C([O-])COc1ccc(C(F)(F)F)cc1-c1cccc2cccnc12.[NH4+]. The van der Waals surface area contributed by atoms with Crippen LogP contribution in [0.15, 0.2) is 54.7 Å². The summed E-state index contributed by atoms with van der Waals surface area (Å²) in [5.41, 5.74) is 0.150. The zero-order valence-electron chi connectivity index (χ0n) is 13.7. The van der Waals surface area contributed by atoms with Gasteiger partial charge in [-0.25, -0.2) is 0 Å². The lowest BCUT2D eigenvalue weighted by Crippen LogP contribution is -2.29. The summed E-state index contributed by atoms with van der Waals surface area (Å²) in [5.74, 6) is -1.46. The van der Waals surface area contributed by atoms with Gasteiger partial charge in [0.25, 0.3) is 0 Å². The third kappa shape index (κ3) is 3.92. The molecule has 0 aliphatic carbocycles. The van der Waals surface area contributed by atoms with E-state index < -0.39 is 24.3 Å². The molecule has 8 heteroatoms. The Morgan fingerprint density at radius 3 is 2.50 bits per heavy atom. The quantitative estimate of drug-likeness (QED) is 0.767. The highest BCUT2D eigenvalue weighted by molar-refractivity contribution is 5.95. The average molecular weight is 364 g/mol. The molecule has 136 valence electrons. The number of halogens is 3. The van der Waals surface area contributed by atoms with Crippen LogP contribution in [0.3, 0.4) is 0 Å². The van der Waals surface area contributed by atoms with E-state index in [1.807, 2.05) is 0 Å². The van der Waals surface area contributed by atoms with E-state index in [0.717, 1.165) is 23.6 Å². The zero-order valence-corrected chi connectivity index (χ0v) is 13.7. The normalized spacial score (nSPS) is 11.0. The van der Waals surface area contributed by atoms with Crippen LogP contribution in [0.2, 0.25) is 0 Å². The van der Waals surface area contributed by atoms with Crippen LogP contribution >= 0.6 is 0 Å². The lowest BCUT2D eigenvalue weighted by molar-refractivity contribution is -0.307. The van der Waals surface area contributed by atoms with Gasteiger partial charge in [-0.15, -0.1) is 0 Å². The van der Waals surface area contributed by atoms with Crippen LogP contribution in [0.5, 0.6) is 5.75 Å². The highest BCUT2D eigenvalue weighted by atomic mass is 19.4. The molecule has 5 nitrogen and oxygen atoms in total. The molecule has 2 aromatic carbocycles.